The minimum absolute atomic E-state index is 0.145. The first-order valence-corrected chi connectivity index (χ1v) is 8.86. The predicted molar refractivity (Wildman–Crippen MR) is 100 cm³/mol. The number of halogens is 1. The van der Waals surface area contributed by atoms with Gasteiger partial charge in [0.2, 0.25) is 5.91 Å². The molecule has 134 valence electrons. The van der Waals surface area contributed by atoms with Gasteiger partial charge in [-0.3, -0.25) is 9.20 Å². The van der Waals surface area contributed by atoms with E-state index in [1.165, 1.54) is 36.0 Å². The van der Waals surface area contributed by atoms with Gasteiger partial charge in [0.1, 0.15) is 11.6 Å². The van der Waals surface area contributed by atoms with Gasteiger partial charge in [0.25, 0.3) is 0 Å². The number of pyridine rings is 1. The number of hydrogen-bond acceptors (Lipinski definition) is 4. The Morgan fingerprint density at radius 1 is 1.23 bits per heavy atom. The van der Waals surface area contributed by atoms with Crippen LogP contribution in [-0.4, -0.2) is 20.5 Å². The minimum atomic E-state index is -0.578. The zero-order valence-corrected chi connectivity index (χ0v) is 15.5. The predicted octanol–water partition coefficient (Wildman–Crippen LogP) is 3.82. The lowest BCUT2D eigenvalue weighted by Gasteiger charge is -2.16. The number of nitrogens with two attached hydrogens (primary N) is 1. The molecule has 1 amide bonds. The van der Waals surface area contributed by atoms with Crippen molar-refractivity contribution in [2.24, 2.45) is 5.73 Å². The van der Waals surface area contributed by atoms with Crippen molar-refractivity contribution in [1.82, 2.24) is 14.6 Å². The Morgan fingerprint density at radius 2 is 2.00 bits per heavy atom. The van der Waals surface area contributed by atoms with Gasteiger partial charge in [0.05, 0.1) is 0 Å². The summed E-state index contributed by atoms with van der Waals surface area (Å²) in [5.74, 6) is -0.0865. The fourth-order valence-corrected chi connectivity index (χ4v) is 3.41. The van der Waals surface area contributed by atoms with Crippen LogP contribution in [0.3, 0.4) is 0 Å². The number of carbonyl (C=O) groups is 1. The molecule has 1 aromatic carbocycles. The maximum absolute atomic E-state index is 13.6. The molecule has 0 fully saturated rings. The van der Waals surface area contributed by atoms with Gasteiger partial charge in [0, 0.05) is 27.5 Å². The lowest BCUT2D eigenvalue weighted by molar-refractivity contribution is -0.113. The monoisotopic (exact) mass is 370 g/mol. The van der Waals surface area contributed by atoms with E-state index in [0.29, 0.717) is 5.56 Å². The van der Waals surface area contributed by atoms with E-state index in [1.807, 2.05) is 22.7 Å². The van der Waals surface area contributed by atoms with E-state index in [-0.39, 0.29) is 11.2 Å². The van der Waals surface area contributed by atoms with Crippen LogP contribution in [0, 0.1) is 5.82 Å². The van der Waals surface area contributed by atoms with Crippen molar-refractivity contribution in [2.45, 2.75) is 36.0 Å². The molecule has 2 N–H and O–H groups in total. The first-order valence-electron chi connectivity index (χ1n) is 8.04. The summed E-state index contributed by atoms with van der Waals surface area (Å²) in [5.41, 5.74) is 6.36. The number of nitrogens with zero attached hydrogens (tertiary/aromatic N) is 3. The standard InChI is InChI=1S/C19H19FN4OS/c1-19(2,3)18-23-22-17-9-6-14(11-24(17)18)26-15-7-5-13(20)10-12(15)4-8-16(21)25/h4-11H,1-3H3,(H2,21,25)/b8-4+. The summed E-state index contributed by atoms with van der Waals surface area (Å²) >= 11 is 1.47. The SMILES string of the molecule is CC(C)(C)c1nnc2ccc(Sc3ccc(F)cc3/C=C/C(N)=O)cn12. The highest BCUT2D eigenvalue weighted by atomic mass is 32.2. The zero-order valence-electron chi connectivity index (χ0n) is 14.7. The van der Waals surface area contributed by atoms with Crippen molar-refractivity contribution in [3.63, 3.8) is 0 Å². The quantitative estimate of drug-likeness (QED) is 0.709. The van der Waals surface area contributed by atoms with Crippen molar-refractivity contribution < 1.29 is 9.18 Å². The molecule has 2 heterocycles. The van der Waals surface area contributed by atoms with Crippen LogP contribution in [0.1, 0.15) is 32.2 Å². The van der Waals surface area contributed by atoms with E-state index < -0.39 is 5.91 Å². The van der Waals surface area contributed by atoms with Gasteiger partial charge >= 0.3 is 0 Å². The number of benzene rings is 1. The van der Waals surface area contributed by atoms with Gasteiger partial charge in [-0.05, 0) is 42.0 Å². The van der Waals surface area contributed by atoms with E-state index in [4.69, 9.17) is 5.73 Å². The maximum atomic E-state index is 13.6. The van der Waals surface area contributed by atoms with Gasteiger partial charge < -0.3 is 5.73 Å². The highest BCUT2D eigenvalue weighted by molar-refractivity contribution is 7.99. The normalized spacial score (nSPS) is 12.2. The van der Waals surface area contributed by atoms with Gasteiger partial charge in [-0.2, -0.15) is 0 Å². The molecule has 0 saturated carbocycles. The Kier molecular flexibility index (Phi) is 4.82. The van der Waals surface area contributed by atoms with Crippen molar-refractivity contribution in [2.75, 3.05) is 0 Å². The van der Waals surface area contributed by atoms with Gasteiger partial charge in [-0.25, -0.2) is 4.39 Å². The van der Waals surface area contributed by atoms with E-state index in [1.54, 1.807) is 6.07 Å². The molecule has 0 bridgehead atoms. The molecule has 0 spiro atoms. The summed E-state index contributed by atoms with van der Waals surface area (Å²) in [5, 5.41) is 8.49. The summed E-state index contributed by atoms with van der Waals surface area (Å²) in [6.07, 6.45) is 4.71. The lowest BCUT2D eigenvalue weighted by Crippen LogP contribution is -2.15. The largest absolute Gasteiger partial charge is 0.366 e. The molecule has 0 saturated heterocycles. The molecule has 0 radical (unpaired) electrons. The van der Waals surface area contributed by atoms with Crippen LogP contribution in [0.4, 0.5) is 4.39 Å². The average molecular weight is 370 g/mol. The fraction of sp³-hybridized carbons (Fsp3) is 0.211. The van der Waals surface area contributed by atoms with Crippen LogP contribution >= 0.6 is 11.8 Å². The Balaban J connectivity index is 2.00. The van der Waals surface area contributed by atoms with Gasteiger partial charge in [-0.1, -0.05) is 32.5 Å². The molecule has 7 heteroatoms. The fourth-order valence-electron chi connectivity index (χ4n) is 2.48. The zero-order chi connectivity index (χ0) is 18.9. The van der Waals surface area contributed by atoms with Crippen LogP contribution in [0.25, 0.3) is 11.7 Å². The van der Waals surface area contributed by atoms with Crippen molar-refractivity contribution in [3.8, 4) is 0 Å². The molecule has 26 heavy (non-hydrogen) atoms. The molecule has 0 aliphatic carbocycles. The van der Waals surface area contributed by atoms with Crippen molar-refractivity contribution >= 4 is 29.4 Å². The smallest absolute Gasteiger partial charge is 0.241 e. The third-order valence-electron chi connectivity index (χ3n) is 3.67. The Bertz CT molecular complexity index is 1000. The molecule has 0 atom stereocenters. The molecule has 0 unspecified atom stereocenters. The summed E-state index contributed by atoms with van der Waals surface area (Å²) in [4.78, 5) is 12.8. The van der Waals surface area contributed by atoms with E-state index >= 15 is 0 Å². The lowest BCUT2D eigenvalue weighted by atomic mass is 9.96. The van der Waals surface area contributed by atoms with Gasteiger partial charge in [0.15, 0.2) is 5.65 Å². The molecule has 0 aliphatic heterocycles. The molecular formula is C19H19FN4OS. The van der Waals surface area contributed by atoms with Crippen LogP contribution in [-0.2, 0) is 10.2 Å². The topological polar surface area (TPSA) is 73.3 Å². The third-order valence-corrected chi connectivity index (χ3v) is 4.74. The second kappa shape index (κ2) is 6.92. The number of carbonyl (C=O) groups excluding carboxylic acids is 1. The molecule has 5 nitrogen and oxygen atoms in total. The van der Waals surface area contributed by atoms with Gasteiger partial charge in [-0.15, -0.1) is 10.2 Å². The average Bonchev–Trinajstić information content (AvgIpc) is 2.98. The highest BCUT2D eigenvalue weighted by Gasteiger charge is 2.21. The number of primary amides is 1. The second-order valence-electron chi connectivity index (χ2n) is 6.89. The first-order chi connectivity index (χ1) is 12.2. The molecule has 2 aromatic heterocycles. The van der Waals surface area contributed by atoms with Crippen LogP contribution < -0.4 is 5.73 Å². The molecule has 3 aromatic rings. The summed E-state index contributed by atoms with van der Waals surface area (Å²) in [6.45, 7) is 6.24. The Morgan fingerprint density at radius 3 is 2.69 bits per heavy atom. The maximum Gasteiger partial charge on any atom is 0.241 e. The number of amides is 1. The highest BCUT2D eigenvalue weighted by Crippen LogP contribution is 2.32. The summed E-state index contributed by atoms with van der Waals surface area (Å²) in [7, 11) is 0. The third kappa shape index (κ3) is 3.94. The number of fused-ring (bicyclic) bond motifs is 1. The molecule has 3 rings (SSSR count). The minimum Gasteiger partial charge on any atom is -0.366 e. The first kappa shape index (κ1) is 18.1. The Hall–Kier alpha value is -2.67. The van der Waals surface area contributed by atoms with Crippen molar-refractivity contribution in [1.29, 1.82) is 0 Å². The van der Waals surface area contributed by atoms with Crippen LogP contribution in [0.15, 0.2) is 52.4 Å². The Labute approximate surface area is 155 Å². The number of aromatic nitrogens is 3. The van der Waals surface area contributed by atoms with Crippen LogP contribution in [0.5, 0.6) is 0 Å². The molecule has 0 aliphatic rings. The van der Waals surface area contributed by atoms with Crippen LogP contribution in [0.2, 0.25) is 0 Å². The second-order valence-corrected chi connectivity index (χ2v) is 8.00. The summed E-state index contributed by atoms with van der Waals surface area (Å²) < 4.78 is 15.5. The number of rotatable bonds is 4. The van der Waals surface area contributed by atoms with E-state index in [0.717, 1.165) is 21.3 Å². The van der Waals surface area contributed by atoms with E-state index in [9.17, 15) is 9.18 Å². The van der Waals surface area contributed by atoms with E-state index in [2.05, 4.69) is 31.0 Å². The summed E-state index contributed by atoms with van der Waals surface area (Å²) in [6, 6.07) is 8.28. The molecular weight excluding hydrogens is 351 g/mol. The van der Waals surface area contributed by atoms with Crippen molar-refractivity contribution in [3.05, 3.63) is 59.8 Å². The number of hydrogen-bond donors (Lipinski definition) is 1.